The maximum absolute atomic E-state index is 13.0. The molecule has 0 radical (unpaired) electrons. The van der Waals surface area contributed by atoms with Crippen molar-refractivity contribution in [3.63, 3.8) is 0 Å². The fourth-order valence-corrected chi connectivity index (χ4v) is 6.79. The normalized spacial score (nSPS) is 11.4. The fourth-order valence-electron chi connectivity index (χ4n) is 5.80. The highest BCUT2D eigenvalue weighted by atomic mass is 32.2. The van der Waals surface area contributed by atoms with E-state index in [1.54, 1.807) is 11.8 Å². The lowest BCUT2D eigenvalue weighted by Gasteiger charge is -2.23. The third kappa shape index (κ3) is 34.3. The lowest BCUT2D eigenvalue weighted by atomic mass is 10.0. The minimum absolute atomic E-state index is 0.0851. The molecule has 0 saturated heterocycles. The third-order valence-corrected chi connectivity index (χ3v) is 9.91. The molecule has 0 saturated carbocycles. The van der Waals surface area contributed by atoms with Crippen molar-refractivity contribution in [1.82, 2.24) is 9.80 Å². The monoisotopic (exact) mass is 697 g/mol. The Kier molecular flexibility index (Phi) is 35.6. The first-order valence-electron chi connectivity index (χ1n) is 19.7. The number of nitrogens with zero attached hydrogens (tertiary/aromatic N) is 2. The maximum Gasteiger partial charge on any atom is 0.305 e. The smallest absolute Gasteiger partial charge is 0.305 e. The van der Waals surface area contributed by atoms with E-state index in [9.17, 15) is 14.4 Å². The second-order valence-corrected chi connectivity index (χ2v) is 14.8. The van der Waals surface area contributed by atoms with Crippen molar-refractivity contribution in [1.29, 1.82) is 0 Å². The molecular formula is C40H76N2O5S. The zero-order valence-electron chi connectivity index (χ0n) is 31.9. The second-order valence-electron chi connectivity index (χ2n) is 13.7. The number of carbonyl (C=O) groups is 3. The predicted molar refractivity (Wildman–Crippen MR) is 206 cm³/mol. The van der Waals surface area contributed by atoms with Crippen molar-refractivity contribution in [2.45, 2.75) is 167 Å². The highest BCUT2D eigenvalue weighted by Gasteiger charge is 2.13. The summed E-state index contributed by atoms with van der Waals surface area (Å²) < 4.78 is 9.37. The van der Waals surface area contributed by atoms with E-state index in [-0.39, 0.29) is 11.9 Å². The standard InChI is InChI=1S/C40H76N2O5S/c1-41(2)35-36-48-37-38(43)42(33-29-25-21-17-13-9-5-7-11-15-19-23-27-31-39(44)46-3)34-30-26-22-18-14-10-6-8-12-16-20-24-28-32-40(45)47-4/h7,11H,5-6,8-10,12-37H2,1-4H3/b11-7-. The Labute approximate surface area is 301 Å². The SMILES string of the molecule is COC(=O)CCCCC/C=C\CCCCCCCCN(CCCCCCCCCCCCCCCC(=O)OC)C(=O)CSCCN(C)C. The molecule has 1 amide bonds. The summed E-state index contributed by atoms with van der Waals surface area (Å²) >= 11 is 1.78. The number of ether oxygens (including phenoxy) is 2. The van der Waals surface area contributed by atoms with Crippen molar-refractivity contribution in [3.05, 3.63) is 12.2 Å². The van der Waals surface area contributed by atoms with Gasteiger partial charge in [0.2, 0.25) is 5.91 Å². The number of unbranched alkanes of at least 4 members (excludes halogenated alkanes) is 21. The summed E-state index contributed by atoms with van der Waals surface area (Å²) in [4.78, 5) is 39.7. The van der Waals surface area contributed by atoms with Crippen LogP contribution < -0.4 is 0 Å². The van der Waals surface area contributed by atoms with Gasteiger partial charge in [-0.1, -0.05) is 115 Å². The van der Waals surface area contributed by atoms with Crippen LogP contribution in [-0.4, -0.2) is 87.1 Å². The zero-order valence-corrected chi connectivity index (χ0v) is 32.7. The topological polar surface area (TPSA) is 76.1 Å². The van der Waals surface area contributed by atoms with Crippen LogP contribution in [-0.2, 0) is 23.9 Å². The van der Waals surface area contributed by atoms with Crippen LogP contribution in [0.25, 0.3) is 0 Å². The Morgan fingerprint density at radius 2 is 0.854 bits per heavy atom. The van der Waals surface area contributed by atoms with E-state index in [1.807, 2.05) is 0 Å². The van der Waals surface area contributed by atoms with Crippen molar-refractivity contribution < 1.29 is 23.9 Å². The summed E-state index contributed by atoms with van der Waals surface area (Å²) in [6.45, 7) is 2.86. The van der Waals surface area contributed by atoms with E-state index in [2.05, 4.69) is 40.8 Å². The van der Waals surface area contributed by atoms with Gasteiger partial charge in [-0.25, -0.2) is 0 Å². The highest BCUT2D eigenvalue weighted by molar-refractivity contribution is 7.99. The summed E-state index contributed by atoms with van der Waals surface area (Å²) in [6.07, 6.45) is 34.8. The highest BCUT2D eigenvalue weighted by Crippen LogP contribution is 2.15. The molecule has 0 aromatic rings. The van der Waals surface area contributed by atoms with Gasteiger partial charge in [0.05, 0.1) is 20.0 Å². The molecule has 0 N–H and O–H groups in total. The van der Waals surface area contributed by atoms with Crippen molar-refractivity contribution >= 4 is 29.6 Å². The summed E-state index contributed by atoms with van der Waals surface area (Å²) in [7, 11) is 7.09. The molecule has 0 unspecified atom stereocenters. The van der Waals surface area contributed by atoms with Gasteiger partial charge in [0.15, 0.2) is 0 Å². The lowest BCUT2D eigenvalue weighted by molar-refractivity contribution is -0.141. The average Bonchev–Trinajstić information content (AvgIpc) is 3.08. The molecule has 7 nitrogen and oxygen atoms in total. The van der Waals surface area contributed by atoms with Gasteiger partial charge in [-0.15, -0.1) is 0 Å². The fraction of sp³-hybridized carbons (Fsp3) is 0.875. The minimum Gasteiger partial charge on any atom is -0.469 e. The number of hydrogen-bond acceptors (Lipinski definition) is 7. The summed E-state index contributed by atoms with van der Waals surface area (Å²) in [5.41, 5.74) is 0. The van der Waals surface area contributed by atoms with E-state index >= 15 is 0 Å². The molecule has 0 aromatic heterocycles. The molecule has 0 aliphatic carbocycles. The molecule has 0 heterocycles. The van der Waals surface area contributed by atoms with Crippen LogP contribution in [0.4, 0.5) is 0 Å². The van der Waals surface area contributed by atoms with E-state index in [4.69, 9.17) is 4.74 Å². The Morgan fingerprint density at radius 1 is 0.500 bits per heavy atom. The number of esters is 2. The van der Waals surface area contributed by atoms with E-state index in [0.717, 1.165) is 83.2 Å². The molecule has 0 fully saturated rings. The number of methoxy groups -OCH3 is 2. The van der Waals surface area contributed by atoms with Gasteiger partial charge in [-0.3, -0.25) is 14.4 Å². The third-order valence-electron chi connectivity index (χ3n) is 8.99. The maximum atomic E-state index is 13.0. The summed E-state index contributed by atoms with van der Waals surface area (Å²) in [5, 5.41) is 0. The number of allylic oxidation sites excluding steroid dienone is 2. The van der Waals surface area contributed by atoms with Crippen LogP contribution in [0.5, 0.6) is 0 Å². The number of carbonyl (C=O) groups excluding carboxylic acids is 3. The van der Waals surface area contributed by atoms with Crippen LogP contribution in [0.15, 0.2) is 12.2 Å². The first-order chi connectivity index (χ1) is 23.4. The Morgan fingerprint density at radius 3 is 1.25 bits per heavy atom. The predicted octanol–water partition coefficient (Wildman–Crippen LogP) is 10.2. The Balaban J connectivity index is 3.94. The zero-order chi connectivity index (χ0) is 35.3. The molecule has 8 heteroatoms. The first kappa shape index (κ1) is 46.5. The molecule has 0 bridgehead atoms. The number of rotatable bonds is 36. The molecule has 0 spiro atoms. The van der Waals surface area contributed by atoms with Crippen LogP contribution >= 0.6 is 11.8 Å². The Hall–Kier alpha value is -1.54. The van der Waals surface area contributed by atoms with Gasteiger partial charge < -0.3 is 19.3 Å². The molecule has 0 aromatic carbocycles. The van der Waals surface area contributed by atoms with Gasteiger partial charge >= 0.3 is 11.9 Å². The van der Waals surface area contributed by atoms with Gasteiger partial charge in [0.1, 0.15) is 0 Å². The summed E-state index contributed by atoms with van der Waals surface area (Å²) in [6, 6.07) is 0. The quantitative estimate of drug-likeness (QED) is 0.0367. The molecular weight excluding hydrogens is 621 g/mol. The average molecular weight is 697 g/mol. The number of amides is 1. The molecule has 0 atom stereocenters. The molecule has 48 heavy (non-hydrogen) atoms. The number of hydrogen-bond donors (Lipinski definition) is 0. The van der Waals surface area contributed by atoms with Crippen molar-refractivity contribution in [2.24, 2.45) is 0 Å². The van der Waals surface area contributed by atoms with Gasteiger partial charge in [0, 0.05) is 38.2 Å². The molecule has 0 rings (SSSR count). The largest absolute Gasteiger partial charge is 0.469 e. The van der Waals surface area contributed by atoms with E-state index in [1.165, 1.54) is 111 Å². The van der Waals surface area contributed by atoms with Gasteiger partial charge in [-0.05, 0) is 65.5 Å². The number of thioether (sulfide) groups is 1. The van der Waals surface area contributed by atoms with Crippen molar-refractivity contribution in [3.8, 4) is 0 Å². The molecule has 282 valence electrons. The van der Waals surface area contributed by atoms with E-state index < -0.39 is 0 Å². The van der Waals surface area contributed by atoms with E-state index in [0.29, 0.717) is 24.5 Å². The van der Waals surface area contributed by atoms with Gasteiger partial charge in [0.25, 0.3) is 0 Å². The van der Waals surface area contributed by atoms with Crippen LogP contribution in [0.3, 0.4) is 0 Å². The first-order valence-corrected chi connectivity index (χ1v) is 20.8. The van der Waals surface area contributed by atoms with Crippen LogP contribution in [0, 0.1) is 0 Å². The summed E-state index contributed by atoms with van der Waals surface area (Å²) in [5.74, 6) is 1.77. The second kappa shape index (κ2) is 36.7. The Bertz CT molecular complexity index is 777. The van der Waals surface area contributed by atoms with Crippen LogP contribution in [0.2, 0.25) is 0 Å². The molecule has 0 aliphatic rings. The van der Waals surface area contributed by atoms with Crippen molar-refractivity contribution in [2.75, 3.05) is 59.5 Å². The minimum atomic E-state index is -0.102. The van der Waals surface area contributed by atoms with Gasteiger partial charge in [-0.2, -0.15) is 11.8 Å². The lowest BCUT2D eigenvalue weighted by Crippen LogP contribution is -2.34. The van der Waals surface area contributed by atoms with Crippen LogP contribution in [0.1, 0.15) is 167 Å². The molecule has 0 aliphatic heterocycles.